The lowest BCUT2D eigenvalue weighted by molar-refractivity contribution is 1.18. The molecule has 0 saturated carbocycles. The monoisotopic (exact) mass is 501 g/mol. The first kappa shape index (κ1) is 21.4. The second-order valence-electron chi connectivity index (χ2n) is 9.78. The fourth-order valence-corrected chi connectivity index (χ4v) is 6.94. The minimum atomic E-state index is 1.18. The number of hydrogen-bond donors (Lipinski definition) is 0. The van der Waals surface area contributed by atoms with Gasteiger partial charge in [0.05, 0.1) is 11.0 Å². The van der Waals surface area contributed by atoms with Crippen LogP contribution in [-0.2, 0) is 0 Å². The van der Waals surface area contributed by atoms with Crippen LogP contribution in [0.15, 0.2) is 140 Å². The number of hydrogen-bond acceptors (Lipinski definition) is 1. The Morgan fingerprint density at radius 2 is 1.00 bits per heavy atom. The van der Waals surface area contributed by atoms with E-state index < -0.39 is 0 Å². The quantitative estimate of drug-likeness (QED) is 0.227. The average Bonchev–Trinajstić information content (AvgIpc) is 3.53. The van der Waals surface area contributed by atoms with Crippen LogP contribution in [0.1, 0.15) is 0 Å². The van der Waals surface area contributed by atoms with Crippen molar-refractivity contribution in [2.75, 3.05) is 0 Å². The van der Waals surface area contributed by atoms with Crippen LogP contribution in [-0.4, -0.2) is 4.57 Å². The largest absolute Gasteiger partial charge is 0.309 e. The van der Waals surface area contributed by atoms with Crippen LogP contribution in [0.25, 0.3) is 69.9 Å². The molecular weight excluding hydrogens is 478 g/mol. The summed E-state index contributed by atoms with van der Waals surface area (Å²) in [6.07, 6.45) is 0. The Bertz CT molecular complexity index is 2100. The molecule has 0 radical (unpaired) electrons. The maximum Gasteiger partial charge on any atom is 0.0548 e. The molecule has 178 valence electrons. The van der Waals surface area contributed by atoms with Crippen LogP contribution >= 0.6 is 11.3 Å². The van der Waals surface area contributed by atoms with Gasteiger partial charge in [0.2, 0.25) is 0 Å². The summed E-state index contributed by atoms with van der Waals surface area (Å²) in [4.78, 5) is 0. The maximum absolute atomic E-state index is 2.43. The Kier molecular flexibility index (Phi) is 4.76. The third kappa shape index (κ3) is 3.24. The molecule has 0 bridgehead atoms. The van der Waals surface area contributed by atoms with E-state index in [9.17, 15) is 0 Å². The van der Waals surface area contributed by atoms with Gasteiger partial charge in [-0.1, -0.05) is 97.1 Å². The zero-order chi connectivity index (χ0) is 25.1. The van der Waals surface area contributed by atoms with Crippen molar-refractivity contribution >= 4 is 53.3 Å². The van der Waals surface area contributed by atoms with Gasteiger partial charge in [-0.05, 0) is 64.7 Å². The van der Waals surface area contributed by atoms with Gasteiger partial charge in [-0.3, -0.25) is 0 Å². The van der Waals surface area contributed by atoms with Crippen molar-refractivity contribution in [3.63, 3.8) is 0 Å². The Morgan fingerprint density at radius 3 is 1.71 bits per heavy atom. The Hall–Kier alpha value is -4.66. The van der Waals surface area contributed by atoms with Crippen LogP contribution in [0.3, 0.4) is 0 Å². The molecule has 0 aliphatic rings. The van der Waals surface area contributed by atoms with Crippen LogP contribution < -0.4 is 0 Å². The summed E-state index contributed by atoms with van der Waals surface area (Å²) in [5.41, 5.74) is 8.63. The lowest BCUT2D eigenvalue weighted by atomic mass is 9.99. The first-order valence-corrected chi connectivity index (χ1v) is 13.8. The van der Waals surface area contributed by atoms with Crippen molar-refractivity contribution in [1.29, 1.82) is 0 Å². The van der Waals surface area contributed by atoms with Crippen molar-refractivity contribution in [3.8, 4) is 27.9 Å². The number of para-hydroxylation sites is 1. The maximum atomic E-state index is 2.43. The Labute approximate surface area is 224 Å². The van der Waals surface area contributed by atoms with Gasteiger partial charge >= 0.3 is 0 Å². The number of rotatable bonds is 3. The van der Waals surface area contributed by atoms with Crippen molar-refractivity contribution in [2.45, 2.75) is 0 Å². The Balaban J connectivity index is 1.51. The molecular formula is C36H23NS. The van der Waals surface area contributed by atoms with Crippen molar-refractivity contribution in [2.24, 2.45) is 0 Å². The predicted octanol–water partition coefficient (Wildman–Crippen LogP) is 10.5. The summed E-state index contributed by atoms with van der Waals surface area (Å²) in [5.74, 6) is 0. The number of aromatic nitrogens is 1. The predicted molar refractivity (Wildman–Crippen MR) is 165 cm³/mol. The van der Waals surface area contributed by atoms with Gasteiger partial charge in [0.15, 0.2) is 0 Å². The third-order valence-electron chi connectivity index (χ3n) is 7.59. The first-order chi connectivity index (χ1) is 18.8. The molecule has 0 amide bonds. The van der Waals surface area contributed by atoms with Gasteiger partial charge in [-0.2, -0.15) is 0 Å². The van der Waals surface area contributed by atoms with Gasteiger partial charge < -0.3 is 4.57 Å². The molecule has 1 nitrogen and oxygen atoms in total. The molecule has 0 spiro atoms. The third-order valence-corrected chi connectivity index (χ3v) is 8.73. The zero-order valence-electron chi connectivity index (χ0n) is 20.6. The van der Waals surface area contributed by atoms with Gasteiger partial charge in [0.25, 0.3) is 0 Å². The molecule has 8 rings (SSSR count). The van der Waals surface area contributed by atoms with E-state index in [0.717, 1.165) is 0 Å². The van der Waals surface area contributed by atoms with Gasteiger partial charge in [-0.15, -0.1) is 11.3 Å². The topological polar surface area (TPSA) is 4.93 Å². The fraction of sp³-hybridized carbons (Fsp3) is 0. The number of benzene rings is 6. The molecule has 0 atom stereocenters. The van der Waals surface area contributed by atoms with E-state index in [4.69, 9.17) is 0 Å². The number of nitrogens with zero attached hydrogens (tertiary/aromatic N) is 1. The molecule has 38 heavy (non-hydrogen) atoms. The molecule has 6 aromatic carbocycles. The second kappa shape index (κ2) is 8.44. The van der Waals surface area contributed by atoms with E-state index in [1.165, 1.54) is 69.9 Å². The number of fused-ring (bicyclic) bond motifs is 7. The van der Waals surface area contributed by atoms with E-state index >= 15 is 0 Å². The first-order valence-electron chi connectivity index (χ1n) is 12.9. The smallest absolute Gasteiger partial charge is 0.0548 e. The standard InChI is InChI=1S/C36H23NS/c1-4-10-24(11-5-1)26-17-20-33-30(22-26)36-34(38-33)21-19-31-35(36)29-18-16-27(25-12-6-2-7-13-25)23-32(29)37(31)28-14-8-3-9-15-28/h1-23H. The van der Waals surface area contributed by atoms with Crippen molar-refractivity contribution in [1.82, 2.24) is 4.57 Å². The summed E-state index contributed by atoms with van der Waals surface area (Å²) in [6.45, 7) is 0. The van der Waals surface area contributed by atoms with Gasteiger partial charge in [0.1, 0.15) is 0 Å². The molecule has 0 aliphatic heterocycles. The van der Waals surface area contributed by atoms with Crippen molar-refractivity contribution < 1.29 is 0 Å². The van der Waals surface area contributed by atoms with Crippen LogP contribution in [0.4, 0.5) is 0 Å². The molecule has 2 heteroatoms. The molecule has 0 N–H and O–H groups in total. The van der Waals surface area contributed by atoms with Crippen LogP contribution in [0, 0.1) is 0 Å². The SMILES string of the molecule is c1ccc(-c2ccc3sc4ccc5c(c6ccc(-c7ccccc7)cc6n5-c5ccccc5)c4c3c2)cc1. The van der Waals surface area contributed by atoms with E-state index in [1.54, 1.807) is 0 Å². The highest BCUT2D eigenvalue weighted by Gasteiger charge is 2.18. The Morgan fingerprint density at radius 1 is 0.395 bits per heavy atom. The van der Waals surface area contributed by atoms with Crippen LogP contribution in [0.2, 0.25) is 0 Å². The summed E-state index contributed by atoms with van der Waals surface area (Å²) >= 11 is 1.88. The highest BCUT2D eigenvalue weighted by atomic mass is 32.1. The van der Waals surface area contributed by atoms with E-state index in [0.29, 0.717) is 0 Å². The highest BCUT2D eigenvalue weighted by Crippen LogP contribution is 2.45. The van der Waals surface area contributed by atoms with E-state index in [-0.39, 0.29) is 0 Å². The molecule has 0 unspecified atom stereocenters. The second-order valence-corrected chi connectivity index (χ2v) is 10.9. The van der Waals surface area contributed by atoms with E-state index in [1.807, 2.05) is 11.3 Å². The van der Waals surface area contributed by atoms with Crippen molar-refractivity contribution in [3.05, 3.63) is 140 Å². The molecule has 2 aromatic heterocycles. The summed E-state index contributed by atoms with van der Waals surface area (Å²) < 4.78 is 5.09. The lowest BCUT2D eigenvalue weighted by Crippen LogP contribution is -1.93. The van der Waals surface area contributed by atoms with Gasteiger partial charge in [-0.25, -0.2) is 0 Å². The minimum absolute atomic E-state index is 1.18. The summed E-state index contributed by atoms with van der Waals surface area (Å²) in [6, 6.07) is 50.6. The highest BCUT2D eigenvalue weighted by molar-refractivity contribution is 7.26. The average molecular weight is 502 g/mol. The lowest BCUT2D eigenvalue weighted by Gasteiger charge is -2.09. The minimum Gasteiger partial charge on any atom is -0.309 e. The normalized spacial score (nSPS) is 11.7. The van der Waals surface area contributed by atoms with Crippen LogP contribution in [0.5, 0.6) is 0 Å². The zero-order valence-corrected chi connectivity index (χ0v) is 21.5. The molecule has 0 fully saturated rings. The van der Waals surface area contributed by atoms with E-state index in [2.05, 4.69) is 144 Å². The summed E-state index contributed by atoms with van der Waals surface area (Å²) in [7, 11) is 0. The number of thiophene rings is 1. The molecule has 0 aliphatic carbocycles. The fourth-order valence-electron chi connectivity index (χ4n) is 5.85. The molecule has 2 heterocycles. The summed E-state index contributed by atoms with van der Waals surface area (Å²) in [5, 5.41) is 5.31. The molecule has 0 saturated heterocycles. The molecule has 8 aromatic rings. The van der Waals surface area contributed by atoms with Gasteiger partial charge in [0, 0.05) is 36.6 Å².